The van der Waals surface area contributed by atoms with E-state index in [9.17, 15) is 9.00 Å². The first kappa shape index (κ1) is 24.0. The van der Waals surface area contributed by atoms with Gasteiger partial charge in [0.2, 0.25) is 0 Å². The zero-order chi connectivity index (χ0) is 23.8. The third-order valence-corrected chi connectivity index (χ3v) is 9.66. The van der Waals surface area contributed by atoms with Crippen LogP contribution in [-0.4, -0.2) is 80.4 Å². The highest BCUT2D eigenvalue weighted by atomic mass is 32.2. The summed E-state index contributed by atoms with van der Waals surface area (Å²) in [6.45, 7) is 10.2. The highest BCUT2D eigenvalue weighted by molar-refractivity contribution is 7.83. The topological polar surface area (TPSA) is 48.8 Å². The quantitative estimate of drug-likeness (QED) is 0.661. The Bertz CT molecular complexity index is 1070. The fraction of sp³-hybridized carbons (Fsp3) is 0.667. The Morgan fingerprint density at radius 2 is 1.85 bits per heavy atom. The zero-order valence-corrected chi connectivity index (χ0v) is 21.9. The summed E-state index contributed by atoms with van der Waals surface area (Å²) in [6.07, 6.45) is 6.72. The monoisotopic (exact) mass is 484 g/mol. The summed E-state index contributed by atoms with van der Waals surface area (Å²) in [5.74, 6) is 1.44. The van der Waals surface area contributed by atoms with Crippen molar-refractivity contribution in [3.63, 3.8) is 0 Å². The first-order chi connectivity index (χ1) is 16.5. The van der Waals surface area contributed by atoms with Gasteiger partial charge in [0.1, 0.15) is 11.0 Å². The maximum atomic E-state index is 13.5. The molecule has 0 bridgehead atoms. The van der Waals surface area contributed by atoms with Gasteiger partial charge in [-0.25, -0.2) is 4.21 Å². The van der Waals surface area contributed by atoms with Crippen molar-refractivity contribution in [2.24, 2.45) is 5.92 Å². The van der Waals surface area contributed by atoms with Crippen molar-refractivity contribution in [2.75, 3.05) is 45.5 Å². The van der Waals surface area contributed by atoms with Gasteiger partial charge in [0, 0.05) is 61.0 Å². The molecule has 6 nitrogen and oxygen atoms in total. The molecule has 1 aromatic heterocycles. The number of rotatable bonds is 4. The number of nitrogens with zero attached hydrogens (tertiary/aromatic N) is 4. The van der Waals surface area contributed by atoms with Gasteiger partial charge in [0.05, 0.1) is 5.52 Å². The van der Waals surface area contributed by atoms with Crippen molar-refractivity contribution in [3.05, 3.63) is 35.0 Å². The number of piperidine rings is 1. The SMILES string of the molecule is CCS(=O)n1c2c(c3cc(C(=O)N4CCCC(C)CC4)ccc31)CN(C1CCN(C)CC1)CC2. The van der Waals surface area contributed by atoms with Gasteiger partial charge in [-0.3, -0.25) is 13.7 Å². The minimum Gasteiger partial charge on any atom is -0.339 e. The third-order valence-electron chi connectivity index (χ3n) is 8.34. The normalized spacial score (nSPS) is 24.2. The minimum atomic E-state index is -1.08. The summed E-state index contributed by atoms with van der Waals surface area (Å²) in [5.41, 5.74) is 4.31. The Balaban J connectivity index is 1.49. The Labute approximate surface area is 206 Å². The molecule has 0 radical (unpaired) electrons. The van der Waals surface area contributed by atoms with Crippen LogP contribution in [-0.2, 0) is 24.0 Å². The van der Waals surface area contributed by atoms with E-state index in [0.717, 1.165) is 75.0 Å². The van der Waals surface area contributed by atoms with E-state index in [2.05, 4.69) is 39.9 Å². The van der Waals surface area contributed by atoms with Crippen LogP contribution in [0.25, 0.3) is 10.9 Å². The predicted octanol–water partition coefficient (Wildman–Crippen LogP) is 3.89. The van der Waals surface area contributed by atoms with Crippen LogP contribution in [0.5, 0.6) is 0 Å². The molecule has 3 aliphatic rings. The van der Waals surface area contributed by atoms with E-state index in [0.29, 0.717) is 17.7 Å². The lowest BCUT2D eigenvalue weighted by molar-refractivity contribution is 0.0760. The zero-order valence-electron chi connectivity index (χ0n) is 21.1. The Morgan fingerprint density at radius 1 is 1.06 bits per heavy atom. The molecule has 2 atom stereocenters. The molecule has 186 valence electrons. The Morgan fingerprint density at radius 3 is 2.62 bits per heavy atom. The van der Waals surface area contributed by atoms with Crippen LogP contribution in [0.3, 0.4) is 0 Å². The van der Waals surface area contributed by atoms with Crippen molar-refractivity contribution in [1.29, 1.82) is 0 Å². The number of amides is 1. The molecule has 4 heterocycles. The third kappa shape index (κ3) is 4.59. The molecule has 1 aromatic carbocycles. The predicted molar refractivity (Wildman–Crippen MR) is 140 cm³/mol. The molecule has 2 unspecified atom stereocenters. The van der Waals surface area contributed by atoms with Crippen LogP contribution in [0.4, 0.5) is 0 Å². The maximum absolute atomic E-state index is 13.5. The standard InChI is InChI=1S/C27H40N4O2S/c1-4-34(33)31-25-8-7-21(27(32)29-13-5-6-20(2)9-16-29)18-23(25)24-19-30(17-12-26(24)31)22-10-14-28(3)15-11-22/h7-8,18,20,22H,4-6,9-17,19H2,1-3H3. The lowest BCUT2D eigenvalue weighted by Gasteiger charge is -2.39. The number of aromatic nitrogens is 1. The van der Waals surface area contributed by atoms with Gasteiger partial charge < -0.3 is 9.80 Å². The molecule has 0 saturated carbocycles. The van der Waals surface area contributed by atoms with Crippen LogP contribution < -0.4 is 0 Å². The second kappa shape index (κ2) is 10.1. The van der Waals surface area contributed by atoms with Gasteiger partial charge in [0.15, 0.2) is 0 Å². The van der Waals surface area contributed by atoms with E-state index >= 15 is 0 Å². The van der Waals surface area contributed by atoms with Crippen molar-refractivity contribution >= 4 is 27.8 Å². The van der Waals surface area contributed by atoms with Crippen LogP contribution in [0.2, 0.25) is 0 Å². The van der Waals surface area contributed by atoms with Gasteiger partial charge in [-0.2, -0.15) is 0 Å². The van der Waals surface area contributed by atoms with E-state index in [1.54, 1.807) is 0 Å². The fourth-order valence-electron chi connectivity index (χ4n) is 6.15. The molecule has 7 heteroatoms. The van der Waals surface area contributed by atoms with E-state index in [1.807, 2.05) is 17.9 Å². The molecular weight excluding hydrogens is 444 g/mol. The summed E-state index contributed by atoms with van der Waals surface area (Å²) in [7, 11) is 1.13. The van der Waals surface area contributed by atoms with E-state index in [1.165, 1.54) is 30.5 Å². The van der Waals surface area contributed by atoms with Gasteiger partial charge in [-0.05, 0) is 81.9 Å². The summed E-state index contributed by atoms with van der Waals surface area (Å²) in [5, 5.41) is 1.13. The number of hydrogen-bond donors (Lipinski definition) is 0. The number of benzene rings is 1. The highest BCUT2D eigenvalue weighted by Gasteiger charge is 2.31. The van der Waals surface area contributed by atoms with Crippen LogP contribution in [0.1, 0.15) is 67.6 Å². The number of likely N-dealkylation sites (tertiary alicyclic amines) is 2. The lowest BCUT2D eigenvalue weighted by Crippen LogP contribution is -2.45. The molecule has 5 rings (SSSR count). The molecule has 0 spiro atoms. The van der Waals surface area contributed by atoms with Gasteiger partial charge in [-0.15, -0.1) is 0 Å². The molecule has 0 N–H and O–H groups in total. The molecule has 2 fully saturated rings. The number of carbonyl (C=O) groups is 1. The number of hydrogen-bond acceptors (Lipinski definition) is 4. The van der Waals surface area contributed by atoms with Gasteiger partial charge >= 0.3 is 0 Å². The second-order valence-corrected chi connectivity index (χ2v) is 12.2. The van der Waals surface area contributed by atoms with Crippen molar-refractivity contribution in [2.45, 2.75) is 65.0 Å². The Kier molecular flexibility index (Phi) is 7.14. The van der Waals surface area contributed by atoms with Crippen molar-refractivity contribution in [1.82, 2.24) is 18.7 Å². The number of fused-ring (bicyclic) bond motifs is 3. The summed E-state index contributed by atoms with van der Waals surface area (Å²) < 4.78 is 15.2. The Hall–Kier alpha value is -1.70. The summed E-state index contributed by atoms with van der Waals surface area (Å²) in [4.78, 5) is 20.6. The molecule has 2 saturated heterocycles. The molecule has 1 amide bonds. The summed E-state index contributed by atoms with van der Waals surface area (Å²) in [6, 6.07) is 6.73. The maximum Gasteiger partial charge on any atom is 0.253 e. The molecule has 34 heavy (non-hydrogen) atoms. The number of carbonyl (C=O) groups excluding carboxylic acids is 1. The molecule has 3 aliphatic heterocycles. The summed E-state index contributed by atoms with van der Waals surface area (Å²) >= 11 is 0. The second-order valence-electron chi connectivity index (χ2n) is 10.6. The first-order valence-corrected chi connectivity index (χ1v) is 14.5. The minimum absolute atomic E-state index is 0.150. The van der Waals surface area contributed by atoms with Crippen LogP contribution in [0.15, 0.2) is 18.2 Å². The van der Waals surface area contributed by atoms with Crippen molar-refractivity contribution < 1.29 is 9.00 Å². The molecule has 2 aromatic rings. The van der Waals surface area contributed by atoms with Crippen LogP contribution >= 0.6 is 0 Å². The molecular formula is C27H40N4O2S. The first-order valence-electron chi connectivity index (χ1n) is 13.2. The van der Waals surface area contributed by atoms with E-state index in [-0.39, 0.29) is 5.91 Å². The molecule has 0 aliphatic carbocycles. The van der Waals surface area contributed by atoms with E-state index in [4.69, 9.17) is 0 Å². The average Bonchev–Trinajstić information content (AvgIpc) is 3.01. The van der Waals surface area contributed by atoms with Gasteiger partial charge in [0.25, 0.3) is 5.91 Å². The largest absolute Gasteiger partial charge is 0.339 e. The lowest BCUT2D eigenvalue weighted by atomic mass is 9.97. The van der Waals surface area contributed by atoms with Crippen molar-refractivity contribution in [3.8, 4) is 0 Å². The average molecular weight is 485 g/mol. The van der Waals surface area contributed by atoms with E-state index < -0.39 is 11.0 Å². The fourth-order valence-corrected chi connectivity index (χ4v) is 7.24. The highest BCUT2D eigenvalue weighted by Crippen LogP contribution is 2.34. The van der Waals surface area contributed by atoms with Gasteiger partial charge in [-0.1, -0.05) is 13.8 Å². The smallest absolute Gasteiger partial charge is 0.253 e. The van der Waals surface area contributed by atoms with Crippen LogP contribution in [0, 0.1) is 5.92 Å².